The van der Waals surface area contributed by atoms with Crippen molar-refractivity contribution in [1.29, 1.82) is 0 Å². The van der Waals surface area contributed by atoms with Gasteiger partial charge in [0.05, 0.1) is 29.2 Å². The van der Waals surface area contributed by atoms with Gasteiger partial charge in [0.2, 0.25) is 10.0 Å². The zero-order valence-electron chi connectivity index (χ0n) is 13.6. The maximum Gasteiger partial charge on any atom is 0.240 e. The van der Waals surface area contributed by atoms with E-state index in [1.165, 1.54) is 0 Å². The fraction of sp³-hybridized carbons (Fsp3) is 0.294. The smallest absolute Gasteiger partial charge is 0.240 e. The van der Waals surface area contributed by atoms with Gasteiger partial charge in [-0.3, -0.25) is 0 Å². The van der Waals surface area contributed by atoms with Crippen molar-refractivity contribution in [2.45, 2.75) is 17.9 Å². The van der Waals surface area contributed by atoms with Crippen LogP contribution in [0.15, 0.2) is 47.4 Å². The maximum absolute atomic E-state index is 13.2. The number of hydrogen-bond donors (Lipinski definition) is 2. The Morgan fingerprint density at radius 3 is 2.52 bits per heavy atom. The van der Waals surface area contributed by atoms with Crippen LogP contribution in [0.2, 0.25) is 5.02 Å². The SMILES string of the molecule is Cc1ccc(C(CNS(=O)(=O)c2ccc(F)c(Cl)c2)OCCO)cc1. The van der Waals surface area contributed by atoms with Gasteiger partial charge in [-0.25, -0.2) is 17.5 Å². The van der Waals surface area contributed by atoms with Crippen molar-refractivity contribution in [3.05, 3.63) is 64.4 Å². The topological polar surface area (TPSA) is 75.6 Å². The van der Waals surface area contributed by atoms with Gasteiger partial charge in [0, 0.05) is 6.54 Å². The first-order chi connectivity index (χ1) is 11.8. The molecule has 0 aliphatic carbocycles. The summed E-state index contributed by atoms with van der Waals surface area (Å²) in [5, 5.41) is 8.69. The van der Waals surface area contributed by atoms with Gasteiger partial charge in [-0.1, -0.05) is 41.4 Å². The number of rotatable bonds is 8. The van der Waals surface area contributed by atoms with Gasteiger partial charge in [-0.05, 0) is 30.7 Å². The molecule has 0 heterocycles. The van der Waals surface area contributed by atoms with Crippen LogP contribution in [0.3, 0.4) is 0 Å². The predicted molar refractivity (Wildman–Crippen MR) is 93.6 cm³/mol. The van der Waals surface area contributed by atoms with Crippen LogP contribution in [0.5, 0.6) is 0 Å². The van der Waals surface area contributed by atoms with E-state index in [1.54, 1.807) is 0 Å². The van der Waals surface area contributed by atoms with Crippen LogP contribution in [0, 0.1) is 12.7 Å². The lowest BCUT2D eigenvalue weighted by Crippen LogP contribution is -2.30. The monoisotopic (exact) mass is 387 g/mol. The standard InChI is InChI=1S/C17H19ClFNO4S/c1-12-2-4-13(5-3-12)17(24-9-8-21)11-20-25(22,23)14-6-7-16(19)15(18)10-14/h2-7,10,17,20-21H,8-9,11H2,1H3. The van der Waals surface area contributed by atoms with Crippen LogP contribution in [0.1, 0.15) is 17.2 Å². The molecule has 2 aromatic carbocycles. The van der Waals surface area contributed by atoms with E-state index in [2.05, 4.69) is 4.72 Å². The lowest BCUT2D eigenvalue weighted by atomic mass is 10.1. The Hall–Kier alpha value is -1.51. The Morgan fingerprint density at radius 2 is 1.92 bits per heavy atom. The summed E-state index contributed by atoms with van der Waals surface area (Å²) in [7, 11) is -3.88. The van der Waals surface area contributed by atoms with Crippen molar-refractivity contribution in [3.63, 3.8) is 0 Å². The van der Waals surface area contributed by atoms with Crippen LogP contribution in [0.4, 0.5) is 4.39 Å². The predicted octanol–water partition coefficient (Wildman–Crippen LogP) is 2.82. The van der Waals surface area contributed by atoms with Crippen LogP contribution in [-0.4, -0.2) is 33.3 Å². The Bertz CT molecular complexity index is 812. The zero-order chi connectivity index (χ0) is 18.4. The molecule has 5 nitrogen and oxygen atoms in total. The lowest BCUT2D eigenvalue weighted by Gasteiger charge is -2.19. The van der Waals surface area contributed by atoms with Gasteiger partial charge < -0.3 is 9.84 Å². The average Bonchev–Trinajstić information content (AvgIpc) is 2.58. The molecule has 0 aliphatic rings. The summed E-state index contributed by atoms with van der Waals surface area (Å²) < 4.78 is 45.9. The van der Waals surface area contributed by atoms with Crippen molar-refractivity contribution < 1.29 is 22.7 Å². The highest BCUT2D eigenvalue weighted by Crippen LogP contribution is 2.21. The summed E-state index contributed by atoms with van der Waals surface area (Å²) in [5.74, 6) is -0.690. The second-order valence-corrected chi connectivity index (χ2v) is 7.60. The fourth-order valence-electron chi connectivity index (χ4n) is 2.16. The van der Waals surface area contributed by atoms with E-state index in [0.717, 1.165) is 29.3 Å². The van der Waals surface area contributed by atoms with E-state index < -0.39 is 21.9 Å². The highest BCUT2D eigenvalue weighted by Gasteiger charge is 2.19. The first-order valence-corrected chi connectivity index (χ1v) is 9.43. The molecule has 1 atom stereocenters. The summed E-state index contributed by atoms with van der Waals surface area (Å²) in [5.41, 5.74) is 1.84. The molecule has 0 bridgehead atoms. The molecular weight excluding hydrogens is 369 g/mol. The maximum atomic E-state index is 13.2. The third-order valence-corrected chi connectivity index (χ3v) is 5.23. The van der Waals surface area contributed by atoms with E-state index in [4.69, 9.17) is 21.4 Å². The van der Waals surface area contributed by atoms with Crippen LogP contribution in [0.25, 0.3) is 0 Å². The first-order valence-electron chi connectivity index (χ1n) is 7.57. The third-order valence-electron chi connectivity index (χ3n) is 3.52. The molecule has 0 spiro atoms. The molecular formula is C17H19ClFNO4S. The zero-order valence-corrected chi connectivity index (χ0v) is 15.1. The minimum absolute atomic E-state index is 0.0413. The number of hydrogen-bond acceptors (Lipinski definition) is 4. The number of nitrogens with one attached hydrogen (secondary N) is 1. The molecule has 2 rings (SSSR count). The van der Waals surface area contributed by atoms with Gasteiger partial charge >= 0.3 is 0 Å². The summed E-state index contributed by atoms with van der Waals surface area (Å²) in [6.07, 6.45) is -0.571. The van der Waals surface area contributed by atoms with Gasteiger partial charge in [-0.15, -0.1) is 0 Å². The number of aliphatic hydroxyl groups excluding tert-OH is 1. The highest BCUT2D eigenvalue weighted by molar-refractivity contribution is 7.89. The van der Waals surface area contributed by atoms with Crippen molar-refractivity contribution in [1.82, 2.24) is 4.72 Å². The van der Waals surface area contributed by atoms with Crippen molar-refractivity contribution in [2.24, 2.45) is 0 Å². The Kier molecular flexibility index (Phi) is 6.92. The Labute approximate surface area is 151 Å². The molecule has 0 fully saturated rings. The third kappa shape index (κ3) is 5.49. The normalized spacial score (nSPS) is 13.0. The number of sulfonamides is 1. The molecule has 0 aliphatic heterocycles. The molecule has 136 valence electrons. The fourth-order valence-corrected chi connectivity index (χ4v) is 3.46. The van der Waals surface area contributed by atoms with Crippen LogP contribution >= 0.6 is 11.6 Å². The molecule has 0 radical (unpaired) electrons. The van der Waals surface area contributed by atoms with E-state index in [0.29, 0.717) is 0 Å². The first kappa shape index (κ1) is 19.8. The summed E-state index contributed by atoms with van der Waals surface area (Å²) in [6.45, 7) is 1.79. The molecule has 25 heavy (non-hydrogen) atoms. The van der Waals surface area contributed by atoms with Crippen LogP contribution < -0.4 is 4.72 Å². The van der Waals surface area contributed by atoms with Gasteiger partial charge in [0.25, 0.3) is 0 Å². The summed E-state index contributed by atoms with van der Waals surface area (Å²) in [4.78, 5) is -0.135. The molecule has 0 aromatic heterocycles. The molecule has 2 aromatic rings. The number of ether oxygens (including phenoxy) is 1. The molecule has 0 saturated heterocycles. The largest absolute Gasteiger partial charge is 0.394 e. The summed E-state index contributed by atoms with van der Waals surface area (Å²) in [6, 6.07) is 10.6. The molecule has 8 heteroatoms. The van der Waals surface area contributed by atoms with E-state index in [-0.39, 0.29) is 29.7 Å². The number of aryl methyl sites for hydroxylation is 1. The molecule has 1 unspecified atom stereocenters. The Morgan fingerprint density at radius 1 is 1.24 bits per heavy atom. The highest BCUT2D eigenvalue weighted by atomic mass is 35.5. The Balaban J connectivity index is 2.15. The second-order valence-electron chi connectivity index (χ2n) is 5.42. The minimum atomic E-state index is -3.88. The second kappa shape index (κ2) is 8.73. The van der Waals surface area contributed by atoms with E-state index >= 15 is 0 Å². The van der Waals surface area contributed by atoms with Crippen LogP contribution in [-0.2, 0) is 14.8 Å². The van der Waals surface area contributed by atoms with Gasteiger partial charge in [-0.2, -0.15) is 0 Å². The number of aliphatic hydroxyl groups is 1. The minimum Gasteiger partial charge on any atom is -0.394 e. The number of benzene rings is 2. The van der Waals surface area contributed by atoms with E-state index in [1.807, 2.05) is 31.2 Å². The summed E-state index contributed by atoms with van der Waals surface area (Å²) >= 11 is 5.64. The number of halogens is 2. The van der Waals surface area contributed by atoms with Crippen molar-refractivity contribution in [2.75, 3.05) is 19.8 Å². The molecule has 0 saturated carbocycles. The lowest BCUT2D eigenvalue weighted by molar-refractivity contribution is 0.0309. The van der Waals surface area contributed by atoms with Gasteiger partial charge in [0.15, 0.2) is 0 Å². The molecule has 2 N–H and O–H groups in total. The van der Waals surface area contributed by atoms with E-state index in [9.17, 15) is 12.8 Å². The average molecular weight is 388 g/mol. The van der Waals surface area contributed by atoms with Crippen molar-refractivity contribution in [3.8, 4) is 0 Å². The van der Waals surface area contributed by atoms with Crippen molar-refractivity contribution >= 4 is 21.6 Å². The quantitative estimate of drug-likeness (QED) is 0.730. The molecule has 0 amide bonds. The van der Waals surface area contributed by atoms with Gasteiger partial charge in [0.1, 0.15) is 5.82 Å².